The quantitative estimate of drug-likeness (QED) is 0.166. The molecular formula is C35H36F2N4O6. The summed E-state index contributed by atoms with van der Waals surface area (Å²) in [5.74, 6) is -1.84. The van der Waals surface area contributed by atoms with Crippen LogP contribution in [-0.2, 0) is 14.3 Å². The number of nitrogens with zero attached hydrogens (tertiary/aromatic N) is 3. The van der Waals surface area contributed by atoms with Crippen molar-refractivity contribution in [1.29, 1.82) is 0 Å². The van der Waals surface area contributed by atoms with Crippen molar-refractivity contribution in [2.45, 2.75) is 19.3 Å². The van der Waals surface area contributed by atoms with Crippen LogP contribution < -0.4 is 24.4 Å². The minimum atomic E-state index is -0.954. The monoisotopic (exact) mass is 646 g/mol. The first-order valence-electron chi connectivity index (χ1n) is 15.7. The topological polar surface area (TPSA) is 102 Å². The van der Waals surface area contributed by atoms with E-state index in [1.54, 1.807) is 31.5 Å². The van der Waals surface area contributed by atoms with Crippen LogP contribution in [-0.4, -0.2) is 74.8 Å². The summed E-state index contributed by atoms with van der Waals surface area (Å²) in [5.41, 5.74) is 1.04. The Hall–Kier alpha value is -4.81. The minimum Gasteiger partial charge on any atom is -0.493 e. The smallest absolute Gasteiger partial charge is 0.244 e. The summed E-state index contributed by atoms with van der Waals surface area (Å²) in [4.78, 5) is 34.2. The number of carbonyl (C=O) groups excluding carboxylic acids is 2. The van der Waals surface area contributed by atoms with E-state index in [9.17, 15) is 14.0 Å². The number of morpholine rings is 1. The highest BCUT2D eigenvalue weighted by Crippen LogP contribution is 2.39. The standard InChI is InChI=1S/C35H36F2N4O6/c1-44-32-21-27-29(22-33(32)46-17-3-14-40-15-18-45-19-16-40)38-13-11-30(27)47-31-10-9-25(20-28(31)37)41(24-7-5-23(36)6-8-24)35(43)26-4-2-12-39-34(26)42/h5-11,13,20-22,26H,2-4,12,14-19H2,1H3,(H,39,42). The predicted octanol–water partition coefficient (Wildman–Crippen LogP) is 5.61. The molecule has 0 bridgehead atoms. The van der Waals surface area contributed by atoms with Gasteiger partial charge in [-0.1, -0.05) is 0 Å². The highest BCUT2D eigenvalue weighted by Gasteiger charge is 2.34. The summed E-state index contributed by atoms with van der Waals surface area (Å²) >= 11 is 0. The number of carbonyl (C=O) groups is 2. The maximum atomic E-state index is 15.7. The summed E-state index contributed by atoms with van der Waals surface area (Å²) in [6.07, 6.45) is 3.38. The second kappa shape index (κ2) is 14.7. The van der Waals surface area contributed by atoms with Gasteiger partial charge in [-0.15, -0.1) is 0 Å². The largest absolute Gasteiger partial charge is 0.493 e. The van der Waals surface area contributed by atoms with Crippen LogP contribution in [0.3, 0.4) is 0 Å². The fraction of sp³-hybridized carbons (Fsp3) is 0.343. The molecule has 10 nitrogen and oxygen atoms in total. The molecule has 3 aromatic carbocycles. The molecule has 2 fully saturated rings. The van der Waals surface area contributed by atoms with E-state index >= 15 is 4.39 Å². The first-order valence-corrected chi connectivity index (χ1v) is 15.7. The number of halogens is 2. The lowest BCUT2D eigenvalue weighted by Crippen LogP contribution is -2.45. The first kappa shape index (κ1) is 32.1. The van der Waals surface area contributed by atoms with E-state index in [-0.39, 0.29) is 11.4 Å². The van der Waals surface area contributed by atoms with E-state index in [2.05, 4.69) is 15.2 Å². The lowest BCUT2D eigenvalue weighted by atomic mass is 9.96. The Morgan fingerprint density at radius 1 is 1.00 bits per heavy atom. The molecule has 4 aromatic rings. The normalized spacial score (nSPS) is 16.8. The fourth-order valence-corrected chi connectivity index (χ4v) is 5.77. The molecule has 0 radical (unpaired) electrons. The van der Waals surface area contributed by atoms with Crippen LogP contribution in [0.25, 0.3) is 10.9 Å². The molecule has 2 saturated heterocycles. The number of fused-ring (bicyclic) bond motifs is 1. The van der Waals surface area contributed by atoms with E-state index in [0.29, 0.717) is 59.8 Å². The van der Waals surface area contributed by atoms with Gasteiger partial charge in [0.15, 0.2) is 23.1 Å². The molecule has 1 aromatic heterocycles. The third-order valence-electron chi connectivity index (χ3n) is 8.25. The highest BCUT2D eigenvalue weighted by atomic mass is 19.1. The van der Waals surface area contributed by atoms with Crippen molar-refractivity contribution >= 4 is 34.1 Å². The molecule has 0 aliphatic carbocycles. The van der Waals surface area contributed by atoms with Crippen molar-refractivity contribution in [2.75, 3.05) is 58.0 Å². The summed E-state index contributed by atoms with van der Waals surface area (Å²) in [6, 6.07) is 14.4. The van der Waals surface area contributed by atoms with Crippen molar-refractivity contribution in [2.24, 2.45) is 5.92 Å². The van der Waals surface area contributed by atoms with Crippen molar-refractivity contribution in [3.63, 3.8) is 0 Å². The number of pyridine rings is 1. The van der Waals surface area contributed by atoms with Gasteiger partial charge in [0, 0.05) is 55.6 Å². The number of methoxy groups -OCH3 is 1. The number of aromatic nitrogens is 1. The zero-order valence-electron chi connectivity index (χ0n) is 26.0. The van der Waals surface area contributed by atoms with Gasteiger partial charge in [-0.3, -0.25) is 24.4 Å². The van der Waals surface area contributed by atoms with Crippen LogP contribution in [0.5, 0.6) is 23.0 Å². The zero-order chi connectivity index (χ0) is 32.8. The third-order valence-corrected chi connectivity index (χ3v) is 8.25. The molecule has 1 atom stereocenters. The first-order chi connectivity index (χ1) is 22.9. The summed E-state index contributed by atoms with van der Waals surface area (Å²) in [7, 11) is 1.54. The van der Waals surface area contributed by atoms with Gasteiger partial charge in [-0.05, 0) is 67.8 Å². The zero-order valence-corrected chi connectivity index (χ0v) is 26.0. The Morgan fingerprint density at radius 2 is 1.79 bits per heavy atom. The summed E-state index contributed by atoms with van der Waals surface area (Å²) in [5, 5.41) is 3.29. The van der Waals surface area contributed by atoms with Crippen LogP contribution in [0.15, 0.2) is 66.9 Å². The molecule has 2 aliphatic rings. The van der Waals surface area contributed by atoms with E-state index in [1.165, 1.54) is 41.3 Å². The minimum absolute atomic E-state index is 0.0921. The SMILES string of the molecule is COc1cc2c(Oc3ccc(N(C(=O)C4CCCNC4=O)c4ccc(F)cc4)cc3F)ccnc2cc1OCCCN1CCOCC1. The number of anilines is 2. The van der Waals surface area contributed by atoms with Gasteiger partial charge in [0.05, 0.1) is 38.1 Å². The second-order valence-electron chi connectivity index (χ2n) is 11.3. The van der Waals surface area contributed by atoms with Gasteiger partial charge >= 0.3 is 0 Å². The van der Waals surface area contributed by atoms with Crippen molar-refractivity contribution < 1.29 is 37.3 Å². The van der Waals surface area contributed by atoms with E-state index in [1.807, 2.05) is 0 Å². The van der Waals surface area contributed by atoms with Gasteiger partial charge in [0.1, 0.15) is 17.5 Å². The molecule has 6 rings (SSSR count). The van der Waals surface area contributed by atoms with E-state index in [4.69, 9.17) is 18.9 Å². The molecule has 1 N–H and O–H groups in total. The third kappa shape index (κ3) is 7.44. The summed E-state index contributed by atoms with van der Waals surface area (Å²) in [6.45, 7) is 5.22. The molecular weight excluding hydrogens is 610 g/mol. The van der Waals surface area contributed by atoms with Crippen molar-refractivity contribution in [1.82, 2.24) is 15.2 Å². The number of hydrogen-bond donors (Lipinski definition) is 1. The van der Waals surface area contributed by atoms with E-state index in [0.717, 1.165) is 45.3 Å². The lowest BCUT2D eigenvalue weighted by Gasteiger charge is -2.29. The number of nitrogens with one attached hydrogen (secondary N) is 1. The number of benzene rings is 3. The van der Waals surface area contributed by atoms with Crippen molar-refractivity contribution in [3.8, 4) is 23.0 Å². The number of rotatable bonds is 11. The molecule has 0 spiro atoms. The van der Waals surface area contributed by atoms with Gasteiger partial charge in [-0.2, -0.15) is 0 Å². The Kier molecular flexibility index (Phi) is 10.1. The Balaban J connectivity index is 1.22. The van der Waals surface area contributed by atoms with Crippen LogP contribution in [0, 0.1) is 17.6 Å². The van der Waals surface area contributed by atoms with Crippen LogP contribution >= 0.6 is 0 Å². The van der Waals surface area contributed by atoms with Crippen molar-refractivity contribution in [3.05, 3.63) is 78.5 Å². The Morgan fingerprint density at radius 3 is 2.53 bits per heavy atom. The number of amides is 2. The summed E-state index contributed by atoms with van der Waals surface area (Å²) < 4.78 is 52.5. The molecule has 246 valence electrons. The van der Waals surface area contributed by atoms with Gasteiger partial charge < -0.3 is 24.3 Å². The molecule has 12 heteroatoms. The number of piperidine rings is 1. The Labute approximate surface area is 271 Å². The average molecular weight is 647 g/mol. The van der Waals surface area contributed by atoms with E-state index < -0.39 is 29.4 Å². The predicted molar refractivity (Wildman–Crippen MR) is 171 cm³/mol. The van der Waals surface area contributed by atoms with Crippen LogP contribution in [0.4, 0.5) is 20.2 Å². The molecule has 47 heavy (non-hydrogen) atoms. The molecule has 2 amide bonds. The maximum absolute atomic E-state index is 15.7. The van der Waals surface area contributed by atoms with Gasteiger partial charge in [0.2, 0.25) is 11.8 Å². The molecule has 2 aliphatic heterocycles. The fourth-order valence-electron chi connectivity index (χ4n) is 5.77. The Bertz CT molecular complexity index is 1730. The highest BCUT2D eigenvalue weighted by molar-refractivity contribution is 6.11. The maximum Gasteiger partial charge on any atom is 0.244 e. The van der Waals surface area contributed by atoms with Crippen LogP contribution in [0.2, 0.25) is 0 Å². The number of hydrogen-bond acceptors (Lipinski definition) is 8. The molecule has 3 heterocycles. The van der Waals surface area contributed by atoms with Gasteiger partial charge in [-0.25, -0.2) is 8.78 Å². The average Bonchev–Trinajstić information content (AvgIpc) is 3.09. The second-order valence-corrected chi connectivity index (χ2v) is 11.3. The number of ether oxygens (including phenoxy) is 4. The molecule has 0 saturated carbocycles. The molecule has 1 unspecified atom stereocenters. The van der Waals surface area contributed by atoms with Gasteiger partial charge in [0.25, 0.3) is 0 Å². The van der Waals surface area contributed by atoms with Crippen LogP contribution in [0.1, 0.15) is 19.3 Å². The lowest BCUT2D eigenvalue weighted by molar-refractivity contribution is -0.135.